The normalized spacial score (nSPS) is 10.8. The summed E-state index contributed by atoms with van der Waals surface area (Å²) < 4.78 is 0. The van der Waals surface area contributed by atoms with Crippen molar-refractivity contribution < 1.29 is 0 Å². The third-order valence-corrected chi connectivity index (χ3v) is 3.94. The van der Waals surface area contributed by atoms with Crippen LogP contribution in [0.5, 0.6) is 0 Å². The minimum atomic E-state index is 0.562. The van der Waals surface area contributed by atoms with Crippen molar-refractivity contribution in [2.75, 3.05) is 5.32 Å². The quantitative estimate of drug-likeness (QED) is 0.679. The molecule has 2 nitrogen and oxygen atoms in total. The summed E-state index contributed by atoms with van der Waals surface area (Å²) in [7, 11) is 0. The van der Waals surface area contributed by atoms with E-state index in [1.54, 1.807) is 0 Å². The Hall–Kier alpha value is -2.06. The standard InChI is InChI=1S/C18H17ClN2/c1-12-7-8-13(2)17(9-12)20-11-15-10-14-5-3-4-6-16(14)21-18(15)19/h3-10,20H,11H2,1-2H3. The predicted octanol–water partition coefficient (Wildman–Crippen LogP) is 5.12. The monoisotopic (exact) mass is 296 g/mol. The van der Waals surface area contributed by atoms with Crippen LogP contribution < -0.4 is 5.32 Å². The van der Waals surface area contributed by atoms with Crippen LogP contribution in [0.2, 0.25) is 5.15 Å². The van der Waals surface area contributed by atoms with Gasteiger partial charge in [-0.2, -0.15) is 0 Å². The number of nitrogens with one attached hydrogen (secondary N) is 1. The highest BCUT2D eigenvalue weighted by molar-refractivity contribution is 6.30. The average molecular weight is 297 g/mol. The summed E-state index contributed by atoms with van der Waals surface area (Å²) in [6.45, 7) is 4.86. The molecule has 3 aromatic rings. The summed E-state index contributed by atoms with van der Waals surface area (Å²) in [5.74, 6) is 0. The van der Waals surface area contributed by atoms with Gasteiger partial charge in [-0.25, -0.2) is 4.98 Å². The lowest BCUT2D eigenvalue weighted by Gasteiger charge is -2.12. The van der Waals surface area contributed by atoms with Gasteiger partial charge in [0.25, 0.3) is 0 Å². The van der Waals surface area contributed by atoms with Crippen LogP contribution in [0.4, 0.5) is 5.69 Å². The van der Waals surface area contributed by atoms with Crippen LogP contribution in [0.1, 0.15) is 16.7 Å². The summed E-state index contributed by atoms with van der Waals surface area (Å²) in [5, 5.41) is 5.12. The van der Waals surface area contributed by atoms with Gasteiger partial charge in [0.05, 0.1) is 5.52 Å². The summed E-state index contributed by atoms with van der Waals surface area (Å²) in [4.78, 5) is 4.45. The Morgan fingerprint density at radius 2 is 1.86 bits per heavy atom. The summed E-state index contributed by atoms with van der Waals surface area (Å²) in [6.07, 6.45) is 0. The maximum Gasteiger partial charge on any atom is 0.134 e. The maximum absolute atomic E-state index is 6.29. The van der Waals surface area contributed by atoms with E-state index < -0.39 is 0 Å². The van der Waals surface area contributed by atoms with E-state index in [0.717, 1.165) is 22.2 Å². The molecule has 0 saturated carbocycles. The molecule has 0 amide bonds. The van der Waals surface area contributed by atoms with Crippen LogP contribution in [-0.4, -0.2) is 4.98 Å². The van der Waals surface area contributed by atoms with Crippen LogP contribution in [0.25, 0.3) is 10.9 Å². The minimum absolute atomic E-state index is 0.562. The third-order valence-electron chi connectivity index (χ3n) is 3.61. The maximum atomic E-state index is 6.29. The lowest BCUT2D eigenvalue weighted by atomic mass is 10.1. The van der Waals surface area contributed by atoms with E-state index in [4.69, 9.17) is 11.6 Å². The number of para-hydroxylation sites is 1. The van der Waals surface area contributed by atoms with E-state index >= 15 is 0 Å². The number of aromatic nitrogens is 1. The van der Waals surface area contributed by atoms with Gasteiger partial charge in [0.1, 0.15) is 5.15 Å². The molecule has 0 radical (unpaired) electrons. The Kier molecular flexibility index (Phi) is 3.80. The number of rotatable bonds is 3. The number of hydrogen-bond acceptors (Lipinski definition) is 2. The van der Waals surface area contributed by atoms with Gasteiger partial charge in [-0.15, -0.1) is 0 Å². The summed E-state index contributed by atoms with van der Waals surface area (Å²) >= 11 is 6.29. The molecule has 0 aliphatic carbocycles. The number of hydrogen-bond donors (Lipinski definition) is 1. The molecule has 2 aromatic carbocycles. The van der Waals surface area contributed by atoms with Crippen molar-refractivity contribution in [1.82, 2.24) is 4.98 Å². The number of nitrogens with zero attached hydrogens (tertiary/aromatic N) is 1. The predicted molar refractivity (Wildman–Crippen MR) is 90.0 cm³/mol. The van der Waals surface area contributed by atoms with Gasteiger partial charge < -0.3 is 5.32 Å². The Morgan fingerprint density at radius 3 is 2.71 bits per heavy atom. The van der Waals surface area contributed by atoms with Crippen molar-refractivity contribution in [1.29, 1.82) is 0 Å². The van der Waals surface area contributed by atoms with E-state index in [9.17, 15) is 0 Å². The van der Waals surface area contributed by atoms with Gasteiger partial charge in [0.2, 0.25) is 0 Å². The molecule has 106 valence electrons. The molecule has 0 bridgehead atoms. The highest BCUT2D eigenvalue weighted by Gasteiger charge is 2.05. The Balaban J connectivity index is 1.88. The van der Waals surface area contributed by atoms with E-state index in [2.05, 4.69) is 54.5 Å². The summed E-state index contributed by atoms with van der Waals surface area (Å²) in [5.41, 5.74) is 5.55. The topological polar surface area (TPSA) is 24.9 Å². The fourth-order valence-electron chi connectivity index (χ4n) is 2.38. The van der Waals surface area contributed by atoms with Gasteiger partial charge in [0, 0.05) is 23.2 Å². The van der Waals surface area contributed by atoms with Crippen LogP contribution in [0.3, 0.4) is 0 Å². The first kappa shape index (κ1) is 13.9. The van der Waals surface area contributed by atoms with E-state index in [-0.39, 0.29) is 0 Å². The number of anilines is 1. The molecule has 0 unspecified atom stereocenters. The number of benzene rings is 2. The number of pyridine rings is 1. The number of fused-ring (bicyclic) bond motifs is 1. The molecular formula is C18H17ClN2. The van der Waals surface area contributed by atoms with Gasteiger partial charge >= 0.3 is 0 Å². The molecular weight excluding hydrogens is 280 g/mol. The zero-order valence-corrected chi connectivity index (χ0v) is 12.9. The molecule has 21 heavy (non-hydrogen) atoms. The first-order valence-corrected chi connectivity index (χ1v) is 7.36. The summed E-state index contributed by atoms with van der Waals surface area (Å²) in [6, 6.07) is 16.5. The van der Waals surface area contributed by atoms with Crippen molar-refractivity contribution in [2.45, 2.75) is 20.4 Å². The second-order valence-electron chi connectivity index (χ2n) is 5.30. The van der Waals surface area contributed by atoms with Gasteiger partial charge in [-0.3, -0.25) is 0 Å². The van der Waals surface area contributed by atoms with E-state index in [1.807, 2.05) is 18.2 Å². The molecule has 0 saturated heterocycles. The first-order valence-electron chi connectivity index (χ1n) is 6.99. The molecule has 0 fully saturated rings. The average Bonchev–Trinajstić information content (AvgIpc) is 2.48. The largest absolute Gasteiger partial charge is 0.381 e. The number of halogens is 1. The first-order chi connectivity index (χ1) is 10.1. The molecule has 1 heterocycles. The molecule has 3 heteroatoms. The SMILES string of the molecule is Cc1ccc(C)c(NCc2cc3ccccc3nc2Cl)c1. The highest BCUT2D eigenvalue weighted by atomic mass is 35.5. The smallest absolute Gasteiger partial charge is 0.134 e. The Morgan fingerprint density at radius 1 is 1.05 bits per heavy atom. The zero-order chi connectivity index (χ0) is 14.8. The lowest BCUT2D eigenvalue weighted by Crippen LogP contribution is -2.03. The fourth-order valence-corrected chi connectivity index (χ4v) is 2.59. The molecule has 3 rings (SSSR count). The van der Waals surface area contributed by atoms with E-state index in [0.29, 0.717) is 11.7 Å². The van der Waals surface area contributed by atoms with Crippen molar-refractivity contribution in [3.8, 4) is 0 Å². The van der Waals surface area contributed by atoms with Crippen molar-refractivity contribution in [3.05, 3.63) is 70.4 Å². The van der Waals surface area contributed by atoms with Crippen LogP contribution in [-0.2, 0) is 6.54 Å². The van der Waals surface area contributed by atoms with Crippen molar-refractivity contribution in [2.24, 2.45) is 0 Å². The molecule has 1 N–H and O–H groups in total. The number of aryl methyl sites for hydroxylation is 2. The molecule has 0 aliphatic rings. The fraction of sp³-hybridized carbons (Fsp3) is 0.167. The van der Waals surface area contributed by atoms with Gasteiger partial charge in [0.15, 0.2) is 0 Å². The molecule has 0 atom stereocenters. The minimum Gasteiger partial charge on any atom is -0.381 e. The van der Waals surface area contributed by atoms with Crippen LogP contribution >= 0.6 is 11.6 Å². The molecule has 1 aromatic heterocycles. The van der Waals surface area contributed by atoms with Crippen LogP contribution in [0.15, 0.2) is 48.5 Å². The second kappa shape index (κ2) is 5.74. The second-order valence-corrected chi connectivity index (χ2v) is 5.66. The Labute approximate surface area is 129 Å². The van der Waals surface area contributed by atoms with E-state index in [1.165, 1.54) is 11.1 Å². The zero-order valence-electron chi connectivity index (χ0n) is 12.2. The molecule has 0 spiro atoms. The van der Waals surface area contributed by atoms with Gasteiger partial charge in [-0.1, -0.05) is 41.9 Å². The lowest BCUT2D eigenvalue weighted by molar-refractivity contribution is 1.12. The molecule has 0 aliphatic heterocycles. The third kappa shape index (κ3) is 3.01. The van der Waals surface area contributed by atoms with Crippen molar-refractivity contribution >= 4 is 28.2 Å². The van der Waals surface area contributed by atoms with Gasteiger partial charge in [-0.05, 0) is 43.2 Å². The van der Waals surface area contributed by atoms with Crippen molar-refractivity contribution in [3.63, 3.8) is 0 Å². The Bertz CT molecular complexity index is 796. The highest BCUT2D eigenvalue weighted by Crippen LogP contribution is 2.23. The van der Waals surface area contributed by atoms with Crippen LogP contribution in [0, 0.1) is 13.8 Å².